The first-order chi connectivity index (χ1) is 10.0. The van der Waals surface area contributed by atoms with Crippen LogP contribution in [0.25, 0.3) is 0 Å². The number of halogens is 2. The summed E-state index contributed by atoms with van der Waals surface area (Å²) >= 11 is 0. The summed E-state index contributed by atoms with van der Waals surface area (Å²) in [6, 6.07) is 3.74. The summed E-state index contributed by atoms with van der Waals surface area (Å²) < 4.78 is 37.4. The Morgan fingerprint density at radius 3 is 2.29 bits per heavy atom. The van der Waals surface area contributed by atoms with Crippen LogP contribution in [0, 0.1) is 0 Å². The van der Waals surface area contributed by atoms with E-state index in [2.05, 4.69) is 0 Å². The number of hydrogen-bond donors (Lipinski definition) is 1. The first kappa shape index (κ1) is 15.8. The van der Waals surface area contributed by atoms with Gasteiger partial charge in [0.2, 0.25) is 0 Å². The van der Waals surface area contributed by atoms with Crippen molar-refractivity contribution in [2.45, 2.75) is 25.2 Å². The molecule has 6 heteroatoms. The molecule has 21 heavy (non-hydrogen) atoms. The molecule has 0 unspecified atom stereocenters. The van der Waals surface area contributed by atoms with Gasteiger partial charge in [-0.05, 0) is 24.6 Å². The fourth-order valence-electron chi connectivity index (χ4n) is 2.62. The van der Waals surface area contributed by atoms with E-state index in [1.165, 1.54) is 0 Å². The van der Waals surface area contributed by atoms with Crippen molar-refractivity contribution >= 4 is 5.69 Å². The number of piperidine rings is 1. The van der Waals surface area contributed by atoms with Gasteiger partial charge in [0.1, 0.15) is 11.5 Å². The predicted molar refractivity (Wildman–Crippen MR) is 78.7 cm³/mol. The molecule has 1 aliphatic rings. The highest BCUT2D eigenvalue weighted by Crippen LogP contribution is 2.39. The summed E-state index contributed by atoms with van der Waals surface area (Å²) in [7, 11) is 3.17. The number of rotatable bonds is 5. The molecule has 1 saturated heterocycles. The average molecular weight is 300 g/mol. The lowest BCUT2D eigenvalue weighted by Crippen LogP contribution is -2.39. The van der Waals surface area contributed by atoms with Crippen molar-refractivity contribution in [1.82, 2.24) is 0 Å². The first-order valence-electron chi connectivity index (χ1n) is 7.08. The number of hydrogen-bond acceptors (Lipinski definition) is 4. The monoisotopic (exact) mass is 300 g/mol. The molecular weight excluding hydrogens is 278 g/mol. The lowest BCUT2D eigenvalue weighted by Gasteiger charge is -2.34. The van der Waals surface area contributed by atoms with Crippen molar-refractivity contribution in [3.8, 4) is 11.5 Å². The number of nitrogens with zero attached hydrogens (tertiary/aromatic N) is 1. The smallest absolute Gasteiger partial charge is 0.251 e. The van der Waals surface area contributed by atoms with E-state index in [-0.39, 0.29) is 12.8 Å². The third-order valence-electron chi connectivity index (χ3n) is 3.83. The topological polar surface area (TPSA) is 47.7 Å². The molecule has 0 bridgehead atoms. The Labute approximate surface area is 123 Å². The van der Waals surface area contributed by atoms with Crippen LogP contribution < -0.4 is 20.1 Å². The van der Waals surface area contributed by atoms with Crippen molar-refractivity contribution in [1.29, 1.82) is 0 Å². The lowest BCUT2D eigenvalue weighted by molar-refractivity contribution is -0.0221. The number of alkyl halides is 2. The minimum Gasteiger partial charge on any atom is -0.496 e. The minimum absolute atomic E-state index is 0.136. The SMILES string of the molecule is COc1cc(N2CCC(F)(F)CC2)c(OC)cc1CCN. The van der Waals surface area contributed by atoms with E-state index in [0.717, 1.165) is 11.3 Å². The number of methoxy groups -OCH3 is 2. The third-order valence-corrected chi connectivity index (χ3v) is 3.83. The molecule has 0 atom stereocenters. The van der Waals surface area contributed by atoms with E-state index in [0.29, 0.717) is 37.6 Å². The Balaban J connectivity index is 2.30. The first-order valence-corrected chi connectivity index (χ1v) is 7.08. The van der Waals surface area contributed by atoms with Crippen LogP contribution in [0.15, 0.2) is 12.1 Å². The van der Waals surface area contributed by atoms with Crippen LogP contribution in [0.4, 0.5) is 14.5 Å². The zero-order valence-electron chi connectivity index (χ0n) is 12.5. The zero-order chi connectivity index (χ0) is 15.5. The molecule has 0 aliphatic carbocycles. The van der Waals surface area contributed by atoms with Gasteiger partial charge in [0.25, 0.3) is 5.92 Å². The van der Waals surface area contributed by atoms with Gasteiger partial charge in [-0.15, -0.1) is 0 Å². The highest BCUT2D eigenvalue weighted by molar-refractivity contribution is 5.64. The second-order valence-corrected chi connectivity index (χ2v) is 5.22. The van der Waals surface area contributed by atoms with Gasteiger partial charge in [0.15, 0.2) is 0 Å². The minimum atomic E-state index is -2.56. The fraction of sp³-hybridized carbons (Fsp3) is 0.600. The third kappa shape index (κ3) is 3.56. The Kier molecular flexibility index (Phi) is 4.88. The number of ether oxygens (including phenoxy) is 2. The second-order valence-electron chi connectivity index (χ2n) is 5.22. The summed E-state index contributed by atoms with van der Waals surface area (Å²) in [5.41, 5.74) is 7.35. The Hall–Kier alpha value is -1.56. The van der Waals surface area contributed by atoms with Crippen LogP contribution >= 0.6 is 0 Å². The molecule has 1 aliphatic heterocycles. The molecular formula is C15H22F2N2O2. The number of nitrogens with two attached hydrogens (primary N) is 1. The summed E-state index contributed by atoms with van der Waals surface area (Å²) in [4.78, 5) is 1.92. The maximum Gasteiger partial charge on any atom is 0.251 e. The number of benzene rings is 1. The van der Waals surface area contributed by atoms with Crippen molar-refractivity contribution in [3.05, 3.63) is 17.7 Å². The molecule has 2 N–H and O–H groups in total. The van der Waals surface area contributed by atoms with E-state index < -0.39 is 5.92 Å². The highest BCUT2D eigenvalue weighted by atomic mass is 19.3. The lowest BCUT2D eigenvalue weighted by atomic mass is 10.0. The molecule has 0 radical (unpaired) electrons. The van der Waals surface area contributed by atoms with Gasteiger partial charge in [-0.3, -0.25) is 0 Å². The number of anilines is 1. The van der Waals surface area contributed by atoms with Gasteiger partial charge >= 0.3 is 0 Å². The molecule has 0 amide bonds. The Bertz CT molecular complexity index is 485. The van der Waals surface area contributed by atoms with Crippen LogP contribution in [-0.2, 0) is 6.42 Å². The van der Waals surface area contributed by atoms with Crippen molar-refractivity contribution in [2.75, 3.05) is 38.8 Å². The van der Waals surface area contributed by atoms with E-state index in [1.807, 2.05) is 17.0 Å². The van der Waals surface area contributed by atoms with Crippen LogP contribution in [0.1, 0.15) is 18.4 Å². The van der Waals surface area contributed by atoms with E-state index in [9.17, 15) is 8.78 Å². The van der Waals surface area contributed by atoms with Gasteiger partial charge in [0, 0.05) is 32.0 Å². The van der Waals surface area contributed by atoms with Gasteiger partial charge < -0.3 is 20.1 Å². The van der Waals surface area contributed by atoms with Gasteiger partial charge in [-0.25, -0.2) is 8.78 Å². The Morgan fingerprint density at radius 2 is 1.76 bits per heavy atom. The van der Waals surface area contributed by atoms with Crippen LogP contribution in [0.2, 0.25) is 0 Å². The molecule has 0 spiro atoms. The summed E-state index contributed by atoms with van der Waals surface area (Å²) in [5.74, 6) is -1.18. The van der Waals surface area contributed by atoms with E-state index in [4.69, 9.17) is 15.2 Å². The van der Waals surface area contributed by atoms with E-state index in [1.54, 1.807) is 14.2 Å². The molecule has 118 valence electrons. The maximum atomic E-state index is 13.3. The molecule has 1 heterocycles. The molecule has 0 saturated carbocycles. The average Bonchev–Trinajstić information content (AvgIpc) is 2.47. The largest absolute Gasteiger partial charge is 0.496 e. The zero-order valence-corrected chi connectivity index (χ0v) is 12.5. The fourth-order valence-corrected chi connectivity index (χ4v) is 2.62. The summed E-state index contributed by atoms with van der Waals surface area (Å²) in [5, 5.41) is 0. The molecule has 4 nitrogen and oxygen atoms in total. The maximum absolute atomic E-state index is 13.3. The normalized spacial score (nSPS) is 17.7. The molecule has 1 aromatic rings. The van der Waals surface area contributed by atoms with Crippen molar-refractivity contribution in [3.63, 3.8) is 0 Å². The standard InChI is InChI=1S/C15H22F2N2O2/c1-20-13-10-12(14(21-2)9-11(13)3-6-18)19-7-4-15(16,17)5-8-19/h9-10H,3-8,18H2,1-2H3. The van der Waals surface area contributed by atoms with Crippen molar-refractivity contribution in [2.24, 2.45) is 5.73 Å². The van der Waals surface area contributed by atoms with Crippen molar-refractivity contribution < 1.29 is 18.3 Å². The van der Waals surface area contributed by atoms with E-state index >= 15 is 0 Å². The molecule has 0 aromatic heterocycles. The summed E-state index contributed by atoms with van der Waals surface area (Å²) in [6.07, 6.45) is 0.407. The Morgan fingerprint density at radius 1 is 1.14 bits per heavy atom. The van der Waals surface area contributed by atoms with Crippen LogP contribution in [0.3, 0.4) is 0 Å². The van der Waals surface area contributed by atoms with Gasteiger partial charge in [0.05, 0.1) is 19.9 Å². The highest BCUT2D eigenvalue weighted by Gasteiger charge is 2.35. The second kappa shape index (κ2) is 6.47. The quantitative estimate of drug-likeness (QED) is 0.907. The van der Waals surface area contributed by atoms with Gasteiger partial charge in [-0.2, -0.15) is 0 Å². The predicted octanol–water partition coefficient (Wildman–Crippen LogP) is 2.44. The molecule has 1 aromatic carbocycles. The molecule has 2 rings (SSSR count). The summed E-state index contributed by atoms with van der Waals surface area (Å²) in [6.45, 7) is 1.13. The van der Waals surface area contributed by atoms with Gasteiger partial charge in [-0.1, -0.05) is 0 Å². The van der Waals surface area contributed by atoms with Crippen LogP contribution in [-0.4, -0.2) is 39.8 Å². The molecule has 1 fully saturated rings. The van der Waals surface area contributed by atoms with Crippen LogP contribution in [0.5, 0.6) is 11.5 Å².